The number of rotatable bonds is 2. The molecule has 1 nitrogen and oxygen atoms in total. The first-order valence-electron chi connectivity index (χ1n) is 5.46. The van der Waals surface area contributed by atoms with Crippen molar-refractivity contribution >= 4 is 0 Å². The third-order valence-corrected chi connectivity index (χ3v) is 3.58. The Kier molecular flexibility index (Phi) is 2.34. The second-order valence-electron chi connectivity index (χ2n) is 5.11. The average Bonchev–Trinajstić information content (AvgIpc) is 2.82. The van der Waals surface area contributed by atoms with Crippen LogP contribution < -0.4 is 5.73 Å². The van der Waals surface area contributed by atoms with Gasteiger partial charge in [0.15, 0.2) is 0 Å². The van der Waals surface area contributed by atoms with Gasteiger partial charge in [0.2, 0.25) is 0 Å². The van der Waals surface area contributed by atoms with Crippen LogP contribution in [-0.2, 0) is 0 Å². The molecule has 82 valence electrons. The lowest BCUT2D eigenvalue weighted by atomic mass is 9.89. The van der Waals surface area contributed by atoms with Gasteiger partial charge < -0.3 is 5.73 Å². The van der Waals surface area contributed by atoms with Gasteiger partial charge in [0.05, 0.1) is 0 Å². The Labute approximate surface area is 90.5 Å². The quantitative estimate of drug-likeness (QED) is 0.791. The van der Waals surface area contributed by atoms with Gasteiger partial charge in [-0.1, -0.05) is 13.0 Å². The summed E-state index contributed by atoms with van der Waals surface area (Å²) in [6, 6.07) is 3.43. The standard InChI is InChI=1S/C13H18FN/c1-8-6-9(2)11(10(14)7-8)12(15)13(3)4-5-13/h6-7,12H,4-5,15H2,1-3H3. The summed E-state index contributed by atoms with van der Waals surface area (Å²) in [7, 11) is 0. The molecule has 15 heavy (non-hydrogen) atoms. The van der Waals surface area contributed by atoms with E-state index in [0.717, 1.165) is 24.0 Å². The zero-order chi connectivity index (χ0) is 11.2. The van der Waals surface area contributed by atoms with Crippen LogP contribution in [0.2, 0.25) is 0 Å². The van der Waals surface area contributed by atoms with Crippen LogP contribution in [0.1, 0.15) is 42.5 Å². The van der Waals surface area contributed by atoms with E-state index >= 15 is 0 Å². The van der Waals surface area contributed by atoms with Gasteiger partial charge in [-0.25, -0.2) is 4.39 Å². The van der Waals surface area contributed by atoms with Gasteiger partial charge in [0.25, 0.3) is 0 Å². The van der Waals surface area contributed by atoms with E-state index in [2.05, 4.69) is 6.92 Å². The number of halogens is 1. The molecule has 0 aromatic heterocycles. The van der Waals surface area contributed by atoms with Crippen molar-refractivity contribution in [2.45, 2.75) is 39.7 Å². The monoisotopic (exact) mass is 207 g/mol. The van der Waals surface area contributed by atoms with Crippen LogP contribution in [0.5, 0.6) is 0 Å². The molecule has 0 aliphatic heterocycles. The molecule has 1 aromatic rings. The van der Waals surface area contributed by atoms with E-state index in [0.29, 0.717) is 5.56 Å². The molecule has 1 aliphatic carbocycles. The molecule has 0 amide bonds. The van der Waals surface area contributed by atoms with E-state index < -0.39 is 0 Å². The van der Waals surface area contributed by atoms with Crippen LogP contribution in [0, 0.1) is 25.1 Å². The molecule has 1 aliphatic rings. The second-order valence-corrected chi connectivity index (χ2v) is 5.11. The van der Waals surface area contributed by atoms with Gasteiger partial charge in [0, 0.05) is 11.6 Å². The van der Waals surface area contributed by atoms with Crippen LogP contribution >= 0.6 is 0 Å². The van der Waals surface area contributed by atoms with E-state index in [1.54, 1.807) is 6.07 Å². The maximum absolute atomic E-state index is 13.8. The highest BCUT2D eigenvalue weighted by Gasteiger charge is 2.44. The van der Waals surface area contributed by atoms with Gasteiger partial charge in [-0.15, -0.1) is 0 Å². The molecular weight excluding hydrogens is 189 g/mol. The Bertz CT molecular complexity index is 371. The fraction of sp³-hybridized carbons (Fsp3) is 0.538. The molecular formula is C13H18FN. The summed E-state index contributed by atoms with van der Waals surface area (Å²) in [6.45, 7) is 5.98. The molecule has 1 atom stereocenters. The van der Waals surface area contributed by atoms with Crippen LogP contribution in [-0.4, -0.2) is 0 Å². The summed E-state index contributed by atoms with van der Waals surface area (Å²) in [4.78, 5) is 0. The van der Waals surface area contributed by atoms with E-state index in [9.17, 15) is 4.39 Å². The zero-order valence-electron chi connectivity index (χ0n) is 9.60. The van der Waals surface area contributed by atoms with Crippen molar-refractivity contribution in [2.75, 3.05) is 0 Å². The largest absolute Gasteiger partial charge is 0.323 e. The predicted molar refractivity (Wildman–Crippen MR) is 60.1 cm³/mol. The van der Waals surface area contributed by atoms with Crippen molar-refractivity contribution in [3.8, 4) is 0 Å². The number of aryl methyl sites for hydroxylation is 2. The smallest absolute Gasteiger partial charge is 0.128 e. The highest BCUT2D eigenvalue weighted by molar-refractivity contribution is 5.36. The maximum atomic E-state index is 13.8. The minimum Gasteiger partial charge on any atom is -0.323 e. The molecule has 2 heteroatoms. The molecule has 1 aromatic carbocycles. The van der Waals surface area contributed by atoms with Gasteiger partial charge in [-0.3, -0.25) is 0 Å². The lowest BCUT2D eigenvalue weighted by Crippen LogP contribution is -2.22. The van der Waals surface area contributed by atoms with Crippen molar-refractivity contribution in [1.29, 1.82) is 0 Å². The summed E-state index contributed by atoms with van der Waals surface area (Å²) in [5.41, 5.74) is 8.92. The normalized spacial score (nSPS) is 20.1. The van der Waals surface area contributed by atoms with Crippen LogP contribution in [0.3, 0.4) is 0 Å². The minimum absolute atomic E-state index is 0.126. The first-order chi connectivity index (χ1) is 6.94. The Morgan fingerprint density at radius 1 is 1.33 bits per heavy atom. The summed E-state index contributed by atoms with van der Waals surface area (Å²) < 4.78 is 13.8. The first-order valence-corrected chi connectivity index (χ1v) is 5.46. The third-order valence-electron chi connectivity index (χ3n) is 3.58. The summed E-state index contributed by atoms with van der Waals surface area (Å²) in [5.74, 6) is -0.145. The Morgan fingerprint density at radius 3 is 2.40 bits per heavy atom. The van der Waals surface area contributed by atoms with Crippen LogP contribution in [0.15, 0.2) is 12.1 Å². The van der Waals surface area contributed by atoms with Crippen molar-refractivity contribution in [3.63, 3.8) is 0 Å². The van der Waals surface area contributed by atoms with Crippen molar-refractivity contribution in [1.82, 2.24) is 0 Å². The highest BCUT2D eigenvalue weighted by Crippen LogP contribution is 2.54. The number of benzene rings is 1. The minimum atomic E-state index is -0.155. The Balaban J connectivity index is 2.43. The number of hydrogen-bond acceptors (Lipinski definition) is 1. The van der Waals surface area contributed by atoms with E-state index in [4.69, 9.17) is 5.73 Å². The van der Waals surface area contributed by atoms with Gasteiger partial charge in [-0.05, 0) is 49.3 Å². The first kappa shape index (κ1) is 10.6. The number of nitrogens with two attached hydrogens (primary N) is 1. The van der Waals surface area contributed by atoms with Crippen LogP contribution in [0.25, 0.3) is 0 Å². The molecule has 1 fully saturated rings. The van der Waals surface area contributed by atoms with Gasteiger partial charge >= 0.3 is 0 Å². The molecule has 0 saturated heterocycles. The Hall–Kier alpha value is -0.890. The molecule has 2 rings (SSSR count). The topological polar surface area (TPSA) is 26.0 Å². The molecule has 0 spiro atoms. The lowest BCUT2D eigenvalue weighted by Gasteiger charge is -2.22. The van der Waals surface area contributed by atoms with Crippen molar-refractivity contribution in [2.24, 2.45) is 11.1 Å². The predicted octanol–water partition coefficient (Wildman–Crippen LogP) is 3.24. The fourth-order valence-electron chi connectivity index (χ4n) is 2.18. The highest BCUT2D eigenvalue weighted by atomic mass is 19.1. The number of hydrogen-bond donors (Lipinski definition) is 1. The zero-order valence-corrected chi connectivity index (χ0v) is 9.60. The van der Waals surface area contributed by atoms with E-state index in [-0.39, 0.29) is 17.3 Å². The van der Waals surface area contributed by atoms with Crippen molar-refractivity contribution < 1.29 is 4.39 Å². The molecule has 0 heterocycles. The van der Waals surface area contributed by atoms with Crippen molar-refractivity contribution in [3.05, 3.63) is 34.6 Å². The molecule has 0 bridgehead atoms. The molecule has 1 unspecified atom stereocenters. The Morgan fingerprint density at radius 2 is 1.93 bits per heavy atom. The third kappa shape index (κ3) is 1.78. The summed E-state index contributed by atoms with van der Waals surface area (Å²) in [6.07, 6.45) is 2.22. The second kappa shape index (κ2) is 3.31. The summed E-state index contributed by atoms with van der Waals surface area (Å²) >= 11 is 0. The average molecular weight is 207 g/mol. The molecule has 1 saturated carbocycles. The van der Waals surface area contributed by atoms with Gasteiger partial charge in [-0.2, -0.15) is 0 Å². The van der Waals surface area contributed by atoms with Gasteiger partial charge in [0.1, 0.15) is 5.82 Å². The van der Waals surface area contributed by atoms with E-state index in [1.165, 1.54) is 0 Å². The maximum Gasteiger partial charge on any atom is 0.128 e. The van der Waals surface area contributed by atoms with E-state index in [1.807, 2.05) is 19.9 Å². The lowest BCUT2D eigenvalue weighted by molar-refractivity contribution is 0.430. The summed E-state index contributed by atoms with van der Waals surface area (Å²) in [5, 5.41) is 0. The SMILES string of the molecule is Cc1cc(C)c(C(N)C2(C)CC2)c(F)c1. The fourth-order valence-corrected chi connectivity index (χ4v) is 2.18. The van der Waals surface area contributed by atoms with Crippen LogP contribution in [0.4, 0.5) is 4.39 Å². The molecule has 0 radical (unpaired) electrons. The molecule has 2 N–H and O–H groups in total.